The molecule has 0 spiro atoms. The molecule has 0 aliphatic rings. The van der Waals surface area contributed by atoms with Gasteiger partial charge in [0.05, 0.1) is 12.6 Å². The van der Waals surface area contributed by atoms with Gasteiger partial charge in [-0.25, -0.2) is 4.79 Å². The summed E-state index contributed by atoms with van der Waals surface area (Å²) in [5, 5.41) is 15.8. The summed E-state index contributed by atoms with van der Waals surface area (Å²) in [5.74, 6) is -2.86. The topological polar surface area (TPSA) is 151 Å². The number of carbonyl (C=O) groups excluding carboxylic acids is 3. The Morgan fingerprint density at radius 1 is 1.23 bits per heavy atom. The minimum atomic E-state index is -1.44. The van der Waals surface area contributed by atoms with Crippen molar-refractivity contribution in [1.29, 1.82) is 0 Å². The number of amides is 3. The molecule has 22 heavy (non-hydrogen) atoms. The molecule has 0 bridgehead atoms. The van der Waals surface area contributed by atoms with Gasteiger partial charge in [0, 0.05) is 5.75 Å². The van der Waals surface area contributed by atoms with Gasteiger partial charge < -0.3 is 26.8 Å². The van der Waals surface area contributed by atoms with E-state index in [9.17, 15) is 19.2 Å². The molecule has 0 saturated heterocycles. The third-order valence-corrected chi connectivity index (χ3v) is 3.09. The molecular weight excluding hydrogens is 312 g/mol. The number of rotatable bonds is 8. The molecule has 0 heterocycles. The maximum Gasteiger partial charge on any atom is 0.328 e. The van der Waals surface area contributed by atoms with E-state index in [1.807, 2.05) is 0 Å². The fourth-order valence-electron chi connectivity index (χ4n) is 1.24. The Bertz CT molecular complexity index is 455. The molecule has 0 rings (SSSR count). The first-order valence-corrected chi connectivity index (χ1v) is 7.13. The van der Waals surface area contributed by atoms with Crippen molar-refractivity contribution in [3.8, 4) is 0 Å². The van der Waals surface area contributed by atoms with Gasteiger partial charge in [0.15, 0.2) is 0 Å². The first-order chi connectivity index (χ1) is 10.0. The van der Waals surface area contributed by atoms with E-state index in [-0.39, 0.29) is 5.75 Å². The average Bonchev–Trinajstić information content (AvgIpc) is 2.42. The number of aliphatic carboxylic acids is 1. The van der Waals surface area contributed by atoms with Crippen molar-refractivity contribution < 1.29 is 24.3 Å². The Morgan fingerprint density at radius 2 is 1.77 bits per heavy atom. The Kier molecular flexibility index (Phi) is 7.88. The van der Waals surface area contributed by atoms with Crippen LogP contribution in [-0.2, 0) is 19.2 Å². The van der Waals surface area contributed by atoms with Crippen molar-refractivity contribution >= 4 is 36.3 Å². The van der Waals surface area contributed by atoms with Gasteiger partial charge in [0.25, 0.3) is 0 Å². The summed E-state index contributed by atoms with van der Waals surface area (Å²) in [6.07, 6.45) is 0. The van der Waals surface area contributed by atoms with E-state index >= 15 is 0 Å². The minimum absolute atomic E-state index is 0.132. The van der Waals surface area contributed by atoms with Crippen molar-refractivity contribution in [2.75, 3.05) is 12.3 Å². The summed E-state index contributed by atoms with van der Waals surface area (Å²) in [4.78, 5) is 45.6. The minimum Gasteiger partial charge on any atom is -0.480 e. The highest BCUT2D eigenvalue weighted by Crippen LogP contribution is 2.00. The largest absolute Gasteiger partial charge is 0.480 e. The second-order valence-electron chi connectivity index (χ2n) is 5.22. The van der Waals surface area contributed by atoms with Crippen LogP contribution in [0, 0.1) is 0 Å². The number of thiol groups is 1. The Morgan fingerprint density at radius 3 is 2.23 bits per heavy atom. The summed E-state index contributed by atoms with van der Waals surface area (Å²) in [6.45, 7) is 3.65. The summed E-state index contributed by atoms with van der Waals surface area (Å²) < 4.78 is 0. The van der Waals surface area contributed by atoms with Gasteiger partial charge in [0.1, 0.15) is 11.6 Å². The maximum absolute atomic E-state index is 11.7. The predicted octanol–water partition coefficient (Wildman–Crippen LogP) is -2.16. The fraction of sp³-hybridized carbons (Fsp3) is 0.667. The molecule has 0 aliphatic heterocycles. The lowest BCUT2D eigenvalue weighted by Crippen LogP contribution is -2.54. The van der Waals surface area contributed by atoms with Crippen LogP contribution in [0.25, 0.3) is 0 Å². The summed E-state index contributed by atoms with van der Waals surface area (Å²) in [6, 6.07) is -1.73. The van der Waals surface area contributed by atoms with E-state index in [1.54, 1.807) is 0 Å². The first kappa shape index (κ1) is 20.2. The predicted molar refractivity (Wildman–Crippen MR) is 82.3 cm³/mol. The molecule has 9 nitrogen and oxygen atoms in total. The molecule has 0 fully saturated rings. The molecule has 0 aromatic rings. The average molecular weight is 334 g/mol. The van der Waals surface area contributed by atoms with E-state index in [1.165, 1.54) is 20.8 Å². The summed E-state index contributed by atoms with van der Waals surface area (Å²) in [7, 11) is 0. The quantitative estimate of drug-likeness (QED) is 0.278. The van der Waals surface area contributed by atoms with E-state index in [4.69, 9.17) is 10.8 Å². The molecule has 3 amide bonds. The Hall–Kier alpha value is -1.81. The second kappa shape index (κ2) is 8.59. The zero-order valence-electron chi connectivity index (χ0n) is 12.7. The number of hydrogen-bond acceptors (Lipinski definition) is 6. The lowest BCUT2D eigenvalue weighted by molar-refractivity contribution is -0.146. The van der Waals surface area contributed by atoms with Crippen molar-refractivity contribution in [3.05, 3.63) is 0 Å². The number of carboxylic acids is 1. The van der Waals surface area contributed by atoms with Crippen molar-refractivity contribution in [2.45, 2.75) is 38.4 Å². The van der Waals surface area contributed by atoms with Crippen LogP contribution in [0.15, 0.2) is 0 Å². The highest BCUT2D eigenvalue weighted by molar-refractivity contribution is 7.80. The van der Waals surface area contributed by atoms with E-state index in [0.29, 0.717) is 0 Å². The maximum atomic E-state index is 11.7. The highest BCUT2D eigenvalue weighted by Gasteiger charge is 2.29. The second-order valence-corrected chi connectivity index (χ2v) is 5.58. The normalized spacial score (nSPS) is 13.7. The lowest BCUT2D eigenvalue weighted by atomic mass is 10.1. The molecule has 0 radical (unpaired) electrons. The lowest BCUT2D eigenvalue weighted by Gasteiger charge is -2.21. The summed E-state index contributed by atoms with van der Waals surface area (Å²) >= 11 is 3.87. The first-order valence-electron chi connectivity index (χ1n) is 6.50. The molecule has 0 saturated carbocycles. The van der Waals surface area contributed by atoms with Crippen molar-refractivity contribution in [1.82, 2.24) is 16.0 Å². The van der Waals surface area contributed by atoms with E-state index < -0.39 is 47.9 Å². The fourth-order valence-corrected chi connectivity index (χ4v) is 1.40. The van der Waals surface area contributed by atoms with Gasteiger partial charge in [-0.05, 0) is 20.8 Å². The molecule has 10 heteroatoms. The Labute approximate surface area is 133 Å². The van der Waals surface area contributed by atoms with Crippen LogP contribution in [0.5, 0.6) is 0 Å². The van der Waals surface area contributed by atoms with E-state index in [2.05, 4.69) is 28.6 Å². The van der Waals surface area contributed by atoms with Crippen LogP contribution >= 0.6 is 12.6 Å². The Balaban J connectivity index is 4.30. The summed E-state index contributed by atoms with van der Waals surface area (Å²) in [5.41, 5.74) is 4.00. The molecular formula is C12H22N4O5S. The van der Waals surface area contributed by atoms with Crippen LogP contribution < -0.4 is 21.7 Å². The molecule has 0 aromatic carbocycles. The standard InChI is InChI=1S/C12H22N4O5S/c1-6(15-10(19)7(13)5-22)9(18)14-4-8(17)16-12(2,3)11(20)21/h6-7,22H,4-5,13H2,1-3H3,(H,14,18)(H,15,19)(H,16,17)(H,20,21)/t6-,7-/m0/s1. The van der Waals surface area contributed by atoms with Gasteiger partial charge >= 0.3 is 5.97 Å². The van der Waals surface area contributed by atoms with Gasteiger partial charge in [-0.1, -0.05) is 0 Å². The molecule has 2 atom stereocenters. The smallest absolute Gasteiger partial charge is 0.328 e. The number of hydrogen-bond donors (Lipinski definition) is 6. The number of nitrogens with one attached hydrogen (secondary N) is 3. The zero-order chi connectivity index (χ0) is 17.5. The molecule has 126 valence electrons. The molecule has 0 aromatic heterocycles. The van der Waals surface area contributed by atoms with Crippen LogP contribution in [0.2, 0.25) is 0 Å². The van der Waals surface area contributed by atoms with Gasteiger partial charge in [-0.2, -0.15) is 12.6 Å². The third-order valence-electron chi connectivity index (χ3n) is 2.70. The van der Waals surface area contributed by atoms with Gasteiger partial charge in [0.2, 0.25) is 17.7 Å². The SMILES string of the molecule is C[C@H](NC(=O)[C@@H](N)CS)C(=O)NCC(=O)NC(C)(C)C(=O)O. The number of nitrogens with two attached hydrogens (primary N) is 1. The molecule has 6 N–H and O–H groups in total. The highest BCUT2D eigenvalue weighted by atomic mass is 32.1. The molecule has 0 aliphatic carbocycles. The van der Waals surface area contributed by atoms with E-state index in [0.717, 1.165) is 0 Å². The van der Waals surface area contributed by atoms with Crippen LogP contribution in [-0.4, -0.2) is 58.7 Å². The van der Waals surface area contributed by atoms with Crippen LogP contribution in [0.1, 0.15) is 20.8 Å². The van der Waals surface area contributed by atoms with Gasteiger partial charge in [-0.15, -0.1) is 0 Å². The van der Waals surface area contributed by atoms with Crippen LogP contribution in [0.3, 0.4) is 0 Å². The third kappa shape index (κ3) is 6.76. The number of carboxylic acid groups (broad SMARTS) is 1. The monoisotopic (exact) mass is 334 g/mol. The van der Waals surface area contributed by atoms with Crippen LogP contribution in [0.4, 0.5) is 0 Å². The van der Waals surface area contributed by atoms with Crippen molar-refractivity contribution in [2.24, 2.45) is 5.73 Å². The molecule has 0 unspecified atom stereocenters. The van der Waals surface area contributed by atoms with Crippen molar-refractivity contribution in [3.63, 3.8) is 0 Å². The van der Waals surface area contributed by atoms with Gasteiger partial charge in [-0.3, -0.25) is 14.4 Å². The zero-order valence-corrected chi connectivity index (χ0v) is 13.6. The number of carbonyl (C=O) groups is 4.